The molecule has 0 aromatic heterocycles. The number of carbonyl (C=O) groups is 1. The smallest absolute Gasteiger partial charge is 0.254 e. The van der Waals surface area contributed by atoms with Crippen LogP contribution in [0.25, 0.3) is 0 Å². The van der Waals surface area contributed by atoms with Gasteiger partial charge < -0.3 is 9.47 Å². The highest BCUT2D eigenvalue weighted by molar-refractivity contribution is 14.1. The maximum atomic E-state index is 11.9. The van der Waals surface area contributed by atoms with E-state index < -0.39 is 0 Å². The average Bonchev–Trinajstić information content (AvgIpc) is 2.69. The van der Waals surface area contributed by atoms with Crippen molar-refractivity contribution in [3.05, 3.63) is 62.7 Å². The van der Waals surface area contributed by atoms with Crippen LogP contribution in [0.5, 0.6) is 5.75 Å². The second-order valence-corrected chi connectivity index (χ2v) is 7.81. The van der Waals surface area contributed by atoms with Gasteiger partial charge in [0.1, 0.15) is 12.4 Å². The van der Waals surface area contributed by atoms with Crippen LogP contribution in [0.3, 0.4) is 0 Å². The van der Waals surface area contributed by atoms with Crippen LogP contribution in [0.1, 0.15) is 16.7 Å². The second-order valence-electron chi connectivity index (χ2n) is 6.65. The Morgan fingerprint density at radius 3 is 2.71 bits per heavy atom. The zero-order chi connectivity index (χ0) is 19.8. The Morgan fingerprint density at radius 1 is 1.25 bits per heavy atom. The zero-order valence-corrected chi connectivity index (χ0v) is 18.0. The lowest BCUT2D eigenvalue weighted by Gasteiger charge is -2.25. The molecule has 0 aliphatic carbocycles. The summed E-state index contributed by atoms with van der Waals surface area (Å²) in [4.78, 5) is 14.0. The molecule has 2 aromatic rings. The summed E-state index contributed by atoms with van der Waals surface area (Å²) in [7, 11) is 0. The Bertz CT molecular complexity index is 818. The SMILES string of the molecule is Cc1ccc(COc2ccc(/C=N/NC(=O)CN3CCOCC3)cc2I)cc1. The van der Waals surface area contributed by atoms with Crippen LogP contribution in [-0.4, -0.2) is 49.9 Å². The molecule has 7 heteroatoms. The lowest BCUT2D eigenvalue weighted by Crippen LogP contribution is -2.42. The number of nitrogens with one attached hydrogen (secondary N) is 1. The predicted molar refractivity (Wildman–Crippen MR) is 118 cm³/mol. The summed E-state index contributed by atoms with van der Waals surface area (Å²) >= 11 is 2.24. The highest BCUT2D eigenvalue weighted by Crippen LogP contribution is 2.22. The number of benzene rings is 2. The van der Waals surface area contributed by atoms with Gasteiger partial charge in [-0.3, -0.25) is 9.69 Å². The van der Waals surface area contributed by atoms with E-state index in [0.717, 1.165) is 33.5 Å². The van der Waals surface area contributed by atoms with Gasteiger partial charge in [0.15, 0.2) is 0 Å². The molecule has 1 aliphatic heterocycles. The number of morpholine rings is 1. The molecule has 6 nitrogen and oxygen atoms in total. The molecule has 0 saturated carbocycles. The number of nitrogens with zero attached hydrogens (tertiary/aromatic N) is 2. The van der Waals surface area contributed by atoms with Crippen LogP contribution < -0.4 is 10.2 Å². The standard InChI is InChI=1S/C21H24IN3O3/c1-16-2-4-17(5-3-16)15-28-20-7-6-18(12-19(20)22)13-23-24-21(26)14-25-8-10-27-11-9-25/h2-7,12-13H,8-11,14-15H2,1H3,(H,24,26)/b23-13+. The van der Waals surface area contributed by atoms with Gasteiger partial charge in [-0.05, 0) is 58.8 Å². The fourth-order valence-corrected chi connectivity index (χ4v) is 3.43. The van der Waals surface area contributed by atoms with Crippen molar-refractivity contribution < 1.29 is 14.3 Å². The van der Waals surface area contributed by atoms with E-state index in [4.69, 9.17) is 9.47 Å². The van der Waals surface area contributed by atoms with Crippen molar-refractivity contribution in [1.29, 1.82) is 0 Å². The van der Waals surface area contributed by atoms with E-state index in [1.807, 2.05) is 18.2 Å². The van der Waals surface area contributed by atoms with Crippen molar-refractivity contribution in [2.45, 2.75) is 13.5 Å². The van der Waals surface area contributed by atoms with Gasteiger partial charge in [0.05, 0.1) is 29.5 Å². The molecule has 1 heterocycles. The summed E-state index contributed by atoms with van der Waals surface area (Å²) in [5.41, 5.74) is 5.85. The van der Waals surface area contributed by atoms with Crippen molar-refractivity contribution in [1.82, 2.24) is 10.3 Å². The fourth-order valence-electron chi connectivity index (χ4n) is 2.74. The summed E-state index contributed by atoms with van der Waals surface area (Å²) in [6, 6.07) is 14.1. The number of aryl methyl sites for hydroxylation is 1. The molecule has 1 saturated heterocycles. The molecule has 0 unspecified atom stereocenters. The Balaban J connectivity index is 1.48. The molecule has 1 amide bonds. The van der Waals surface area contributed by atoms with Gasteiger partial charge in [-0.25, -0.2) is 5.43 Å². The lowest BCUT2D eigenvalue weighted by molar-refractivity contribution is -0.123. The first-order valence-corrected chi connectivity index (χ1v) is 10.3. The molecule has 2 aromatic carbocycles. The average molecular weight is 493 g/mol. The molecular formula is C21H24IN3O3. The van der Waals surface area contributed by atoms with Gasteiger partial charge in [0.2, 0.25) is 0 Å². The molecule has 1 fully saturated rings. The third-order valence-electron chi connectivity index (χ3n) is 4.34. The number of ether oxygens (including phenoxy) is 2. The summed E-state index contributed by atoms with van der Waals surface area (Å²) in [6.45, 7) is 5.84. The summed E-state index contributed by atoms with van der Waals surface area (Å²) in [5.74, 6) is 0.709. The van der Waals surface area contributed by atoms with Crippen molar-refractivity contribution in [2.24, 2.45) is 5.10 Å². The maximum Gasteiger partial charge on any atom is 0.254 e. The first-order valence-electron chi connectivity index (χ1n) is 9.20. The lowest BCUT2D eigenvalue weighted by atomic mass is 10.2. The van der Waals surface area contributed by atoms with Crippen molar-refractivity contribution >= 4 is 34.7 Å². The Labute approximate surface area is 179 Å². The van der Waals surface area contributed by atoms with Crippen LogP contribution in [-0.2, 0) is 16.1 Å². The fraction of sp³-hybridized carbons (Fsp3) is 0.333. The first-order chi connectivity index (χ1) is 13.6. The van der Waals surface area contributed by atoms with E-state index in [1.165, 1.54) is 5.56 Å². The molecule has 1 aliphatic rings. The molecule has 0 spiro atoms. The Hall–Kier alpha value is -1.97. The highest BCUT2D eigenvalue weighted by Gasteiger charge is 2.13. The molecule has 3 rings (SSSR count). The van der Waals surface area contributed by atoms with E-state index in [1.54, 1.807) is 6.21 Å². The second kappa shape index (κ2) is 10.5. The minimum Gasteiger partial charge on any atom is -0.488 e. The summed E-state index contributed by atoms with van der Waals surface area (Å²) < 4.78 is 12.2. The maximum absolute atomic E-state index is 11.9. The molecule has 28 heavy (non-hydrogen) atoms. The van der Waals surface area contributed by atoms with Crippen LogP contribution in [0.2, 0.25) is 0 Å². The largest absolute Gasteiger partial charge is 0.488 e. The quantitative estimate of drug-likeness (QED) is 0.366. The first kappa shape index (κ1) is 20.8. The monoisotopic (exact) mass is 493 g/mol. The number of hydrazone groups is 1. The Kier molecular flexibility index (Phi) is 7.81. The van der Waals surface area contributed by atoms with Crippen LogP contribution in [0, 0.1) is 10.5 Å². The molecule has 148 valence electrons. The normalized spacial score (nSPS) is 14.9. The minimum atomic E-state index is -0.120. The predicted octanol–water partition coefficient (Wildman–Crippen LogP) is 2.96. The molecule has 0 radical (unpaired) electrons. The van der Waals surface area contributed by atoms with Gasteiger partial charge >= 0.3 is 0 Å². The molecule has 1 N–H and O–H groups in total. The van der Waals surface area contributed by atoms with E-state index >= 15 is 0 Å². The Morgan fingerprint density at radius 2 is 2.00 bits per heavy atom. The van der Waals surface area contributed by atoms with Gasteiger partial charge in [0.25, 0.3) is 5.91 Å². The zero-order valence-electron chi connectivity index (χ0n) is 15.9. The number of hydrogen-bond acceptors (Lipinski definition) is 5. The van der Waals surface area contributed by atoms with Crippen LogP contribution in [0.15, 0.2) is 47.6 Å². The third-order valence-corrected chi connectivity index (χ3v) is 5.19. The minimum absolute atomic E-state index is 0.120. The number of hydrogen-bond donors (Lipinski definition) is 1. The highest BCUT2D eigenvalue weighted by atomic mass is 127. The van der Waals surface area contributed by atoms with Gasteiger partial charge in [0, 0.05) is 13.1 Å². The van der Waals surface area contributed by atoms with E-state index in [-0.39, 0.29) is 5.91 Å². The number of carbonyl (C=O) groups excluding carboxylic acids is 1. The van der Waals surface area contributed by atoms with Gasteiger partial charge in [-0.15, -0.1) is 0 Å². The van der Waals surface area contributed by atoms with E-state index in [2.05, 4.69) is 69.2 Å². The van der Waals surface area contributed by atoms with Gasteiger partial charge in [-0.2, -0.15) is 5.10 Å². The van der Waals surface area contributed by atoms with Crippen molar-refractivity contribution in [3.8, 4) is 5.75 Å². The molecular weight excluding hydrogens is 469 g/mol. The number of halogens is 1. The van der Waals surface area contributed by atoms with Gasteiger partial charge in [-0.1, -0.05) is 29.8 Å². The van der Waals surface area contributed by atoms with E-state index in [9.17, 15) is 4.79 Å². The van der Waals surface area contributed by atoms with Crippen LogP contribution >= 0.6 is 22.6 Å². The number of rotatable bonds is 7. The molecule has 0 atom stereocenters. The summed E-state index contributed by atoms with van der Waals surface area (Å²) in [5, 5.41) is 4.05. The van der Waals surface area contributed by atoms with Crippen LogP contribution in [0.4, 0.5) is 0 Å². The molecule has 0 bridgehead atoms. The van der Waals surface area contributed by atoms with Crippen molar-refractivity contribution in [2.75, 3.05) is 32.8 Å². The number of amides is 1. The third kappa shape index (κ3) is 6.57. The summed E-state index contributed by atoms with van der Waals surface area (Å²) in [6.07, 6.45) is 1.64. The van der Waals surface area contributed by atoms with E-state index in [0.29, 0.717) is 26.4 Å². The topological polar surface area (TPSA) is 63.2 Å². The van der Waals surface area contributed by atoms with Crippen molar-refractivity contribution in [3.63, 3.8) is 0 Å².